The molecule has 2 heterocycles. The first-order valence-electron chi connectivity index (χ1n) is 8.44. The largest absolute Gasteiger partial charge is 0.480 e. The van der Waals surface area contributed by atoms with Crippen LogP contribution >= 0.6 is 0 Å². The summed E-state index contributed by atoms with van der Waals surface area (Å²) in [5.74, 6) is -0.807. The van der Waals surface area contributed by atoms with Gasteiger partial charge in [0.15, 0.2) is 0 Å². The Morgan fingerprint density at radius 1 is 1.13 bits per heavy atom. The van der Waals surface area contributed by atoms with Gasteiger partial charge >= 0.3 is 5.97 Å². The van der Waals surface area contributed by atoms with E-state index in [2.05, 4.69) is 36.9 Å². The Morgan fingerprint density at radius 3 is 2.30 bits per heavy atom. The average molecular weight is 318 g/mol. The third-order valence-electron chi connectivity index (χ3n) is 5.11. The Bertz CT molecular complexity index is 561. The number of benzene rings is 1. The highest BCUT2D eigenvalue weighted by molar-refractivity contribution is 5.74. The summed E-state index contributed by atoms with van der Waals surface area (Å²) in [6.07, 6.45) is 1.74. The van der Waals surface area contributed by atoms with Gasteiger partial charge in [-0.25, -0.2) is 0 Å². The highest BCUT2D eigenvalue weighted by atomic mass is 16.4. The molecule has 0 unspecified atom stereocenters. The van der Waals surface area contributed by atoms with E-state index in [0.717, 1.165) is 25.9 Å². The number of likely N-dealkylation sites (tertiary alicyclic amines) is 1. The number of carboxylic acids is 1. The van der Waals surface area contributed by atoms with Gasteiger partial charge in [0.05, 0.1) is 6.10 Å². The molecule has 3 rings (SSSR count). The van der Waals surface area contributed by atoms with Gasteiger partial charge in [0.2, 0.25) is 0 Å². The number of aliphatic carboxylic acids is 1. The van der Waals surface area contributed by atoms with Crippen LogP contribution in [0, 0.1) is 13.8 Å². The number of nitrogens with zero attached hydrogens (tertiary/aromatic N) is 2. The van der Waals surface area contributed by atoms with Crippen LogP contribution in [-0.2, 0) is 4.79 Å². The van der Waals surface area contributed by atoms with E-state index in [1.54, 1.807) is 0 Å². The van der Waals surface area contributed by atoms with Crippen LogP contribution in [0.4, 0.5) is 5.69 Å². The van der Waals surface area contributed by atoms with Gasteiger partial charge in [-0.2, -0.15) is 0 Å². The minimum atomic E-state index is -0.807. The van der Waals surface area contributed by atoms with E-state index in [1.165, 1.54) is 16.8 Å². The van der Waals surface area contributed by atoms with Crippen LogP contribution in [0.3, 0.4) is 0 Å². The molecule has 2 aliphatic rings. The lowest BCUT2D eigenvalue weighted by Crippen LogP contribution is -2.49. The number of aliphatic hydroxyl groups excluding tert-OH is 1. The summed E-state index contributed by atoms with van der Waals surface area (Å²) in [5.41, 5.74) is 3.81. The van der Waals surface area contributed by atoms with Crippen LogP contribution in [-0.4, -0.2) is 58.9 Å². The molecule has 5 nitrogen and oxygen atoms in total. The quantitative estimate of drug-likeness (QED) is 0.889. The van der Waals surface area contributed by atoms with Crippen molar-refractivity contribution in [2.75, 3.05) is 24.5 Å². The van der Waals surface area contributed by atoms with Crippen LogP contribution in [0.2, 0.25) is 0 Å². The van der Waals surface area contributed by atoms with Crippen molar-refractivity contribution in [3.05, 3.63) is 29.3 Å². The number of rotatable bonds is 3. The predicted molar refractivity (Wildman–Crippen MR) is 89.9 cm³/mol. The Labute approximate surface area is 137 Å². The molecule has 2 atom stereocenters. The molecule has 23 heavy (non-hydrogen) atoms. The molecular weight excluding hydrogens is 292 g/mol. The number of β-amino-alcohol motifs (C(OH)–C–C–N with tert-alkyl or cyclic N) is 1. The molecule has 0 radical (unpaired) electrons. The molecule has 2 aliphatic heterocycles. The van der Waals surface area contributed by atoms with Gasteiger partial charge in [-0.3, -0.25) is 9.69 Å². The van der Waals surface area contributed by atoms with E-state index in [1.807, 2.05) is 4.90 Å². The van der Waals surface area contributed by atoms with Crippen molar-refractivity contribution in [1.29, 1.82) is 0 Å². The van der Waals surface area contributed by atoms with Gasteiger partial charge < -0.3 is 15.1 Å². The molecule has 2 fully saturated rings. The standard InChI is InChI=1S/C18H26N2O3/c1-12-7-13(2)9-15(8-12)19-5-3-14(4-6-19)20-11-16(21)10-17(20)18(22)23/h7-9,14,16-17,21H,3-6,10-11H2,1-2H3,(H,22,23)/t16-,17+/m1/s1. The molecule has 2 saturated heterocycles. The molecule has 0 aromatic heterocycles. The van der Waals surface area contributed by atoms with Gasteiger partial charge in [-0.05, 0) is 49.9 Å². The van der Waals surface area contributed by atoms with Crippen molar-refractivity contribution in [3.8, 4) is 0 Å². The summed E-state index contributed by atoms with van der Waals surface area (Å²) in [5, 5.41) is 19.2. The number of aryl methyl sites for hydroxylation is 2. The Morgan fingerprint density at radius 2 is 1.74 bits per heavy atom. The molecule has 0 spiro atoms. The normalized spacial score (nSPS) is 26.7. The smallest absolute Gasteiger partial charge is 0.321 e. The van der Waals surface area contributed by atoms with Crippen molar-refractivity contribution in [2.45, 2.75) is 51.3 Å². The minimum Gasteiger partial charge on any atom is -0.480 e. The highest BCUT2D eigenvalue weighted by Gasteiger charge is 2.40. The zero-order chi connectivity index (χ0) is 16.6. The first-order valence-corrected chi connectivity index (χ1v) is 8.44. The van der Waals surface area contributed by atoms with E-state index < -0.39 is 18.1 Å². The summed E-state index contributed by atoms with van der Waals surface area (Å²) >= 11 is 0. The van der Waals surface area contributed by atoms with E-state index in [9.17, 15) is 15.0 Å². The van der Waals surface area contributed by atoms with Crippen LogP contribution < -0.4 is 4.90 Å². The Kier molecular flexibility index (Phi) is 4.60. The second kappa shape index (κ2) is 6.49. The molecule has 1 aromatic rings. The van der Waals surface area contributed by atoms with Crippen molar-refractivity contribution in [2.24, 2.45) is 0 Å². The number of anilines is 1. The maximum atomic E-state index is 11.4. The molecular formula is C18H26N2O3. The second-order valence-corrected chi connectivity index (χ2v) is 7.00. The Hall–Kier alpha value is -1.59. The minimum absolute atomic E-state index is 0.260. The number of hydrogen-bond donors (Lipinski definition) is 2. The first-order chi connectivity index (χ1) is 10.9. The monoisotopic (exact) mass is 318 g/mol. The van der Waals surface area contributed by atoms with Gasteiger partial charge in [0.1, 0.15) is 6.04 Å². The number of hydrogen-bond acceptors (Lipinski definition) is 4. The summed E-state index contributed by atoms with van der Waals surface area (Å²) in [6, 6.07) is 6.34. The topological polar surface area (TPSA) is 64.0 Å². The zero-order valence-electron chi connectivity index (χ0n) is 13.9. The molecule has 0 saturated carbocycles. The van der Waals surface area contributed by atoms with Crippen LogP contribution in [0.25, 0.3) is 0 Å². The number of piperidine rings is 1. The molecule has 5 heteroatoms. The van der Waals surface area contributed by atoms with Crippen molar-refractivity contribution in [1.82, 2.24) is 4.90 Å². The summed E-state index contributed by atoms with van der Waals surface area (Å²) in [7, 11) is 0. The fourth-order valence-corrected chi connectivity index (χ4v) is 4.07. The third kappa shape index (κ3) is 3.51. The average Bonchev–Trinajstić information content (AvgIpc) is 2.89. The number of aliphatic hydroxyl groups is 1. The summed E-state index contributed by atoms with van der Waals surface area (Å²) < 4.78 is 0. The molecule has 126 valence electrons. The highest BCUT2D eigenvalue weighted by Crippen LogP contribution is 2.29. The van der Waals surface area contributed by atoms with E-state index in [4.69, 9.17) is 0 Å². The second-order valence-electron chi connectivity index (χ2n) is 7.00. The SMILES string of the molecule is Cc1cc(C)cc(N2CCC(N3C[C@H](O)C[C@H]3C(=O)O)CC2)c1. The molecule has 2 N–H and O–H groups in total. The molecule has 0 bridgehead atoms. The maximum absolute atomic E-state index is 11.4. The molecule has 0 aliphatic carbocycles. The van der Waals surface area contributed by atoms with Gasteiger partial charge in [0, 0.05) is 37.8 Å². The fourth-order valence-electron chi connectivity index (χ4n) is 4.07. The fraction of sp³-hybridized carbons (Fsp3) is 0.611. The Balaban J connectivity index is 1.65. The van der Waals surface area contributed by atoms with Crippen LogP contribution in [0.15, 0.2) is 18.2 Å². The van der Waals surface area contributed by atoms with Crippen LogP contribution in [0.5, 0.6) is 0 Å². The maximum Gasteiger partial charge on any atom is 0.321 e. The van der Waals surface area contributed by atoms with Crippen molar-refractivity contribution < 1.29 is 15.0 Å². The van der Waals surface area contributed by atoms with E-state index in [0.29, 0.717) is 13.0 Å². The van der Waals surface area contributed by atoms with Crippen LogP contribution in [0.1, 0.15) is 30.4 Å². The number of carbonyl (C=O) groups is 1. The first kappa shape index (κ1) is 16.3. The van der Waals surface area contributed by atoms with E-state index in [-0.39, 0.29) is 6.04 Å². The summed E-state index contributed by atoms with van der Waals surface area (Å²) in [6.45, 7) is 6.60. The lowest BCUT2D eigenvalue weighted by Gasteiger charge is -2.39. The zero-order valence-corrected chi connectivity index (χ0v) is 13.9. The predicted octanol–water partition coefficient (Wildman–Crippen LogP) is 1.79. The van der Waals surface area contributed by atoms with Gasteiger partial charge in [-0.15, -0.1) is 0 Å². The van der Waals surface area contributed by atoms with Gasteiger partial charge in [-0.1, -0.05) is 6.07 Å². The lowest BCUT2D eigenvalue weighted by atomic mass is 10.0. The lowest BCUT2D eigenvalue weighted by molar-refractivity contribution is -0.143. The molecule has 1 aromatic carbocycles. The van der Waals surface area contributed by atoms with E-state index >= 15 is 0 Å². The third-order valence-corrected chi connectivity index (χ3v) is 5.11. The summed E-state index contributed by atoms with van der Waals surface area (Å²) in [4.78, 5) is 15.8. The van der Waals surface area contributed by atoms with Gasteiger partial charge in [0.25, 0.3) is 0 Å². The van der Waals surface area contributed by atoms with Crippen molar-refractivity contribution in [3.63, 3.8) is 0 Å². The van der Waals surface area contributed by atoms with Crippen molar-refractivity contribution >= 4 is 11.7 Å². The number of carboxylic acid groups (broad SMARTS) is 1. The molecule has 0 amide bonds.